The Balaban J connectivity index is 0. The number of carboxylic acid groups (broad SMARTS) is 1. The molecule has 0 aromatic rings. The van der Waals surface area contributed by atoms with E-state index in [1.165, 1.54) is 58.3 Å². The van der Waals surface area contributed by atoms with Crippen LogP contribution in [0.5, 0.6) is 0 Å². The highest BCUT2D eigenvalue weighted by Crippen LogP contribution is 2.13. The molecular formula is C29H56ClNO6. The van der Waals surface area contributed by atoms with Crippen LogP contribution in [-0.4, -0.2) is 67.9 Å². The lowest BCUT2D eigenvalue weighted by Crippen LogP contribution is -3.00. The zero-order valence-electron chi connectivity index (χ0n) is 24.1. The van der Waals surface area contributed by atoms with Crippen LogP contribution in [-0.2, 0) is 23.9 Å². The van der Waals surface area contributed by atoms with Gasteiger partial charge in [-0.1, -0.05) is 77.0 Å². The monoisotopic (exact) mass is 549 g/mol. The number of hydrogen-bond acceptors (Lipinski definition) is 5. The Labute approximate surface area is 233 Å². The molecule has 8 heteroatoms. The number of quaternary nitrogens is 1. The van der Waals surface area contributed by atoms with Crippen molar-refractivity contribution in [3.05, 3.63) is 0 Å². The summed E-state index contributed by atoms with van der Waals surface area (Å²) in [5.74, 6) is -0.961. The van der Waals surface area contributed by atoms with Gasteiger partial charge >= 0.3 is 17.9 Å². The number of carbonyl (C=O) groups is 3. The Bertz CT molecular complexity index is 571. The van der Waals surface area contributed by atoms with Crippen molar-refractivity contribution in [3.8, 4) is 0 Å². The number of halogens is 1. The molecule has 0 heterocycles. The van der Waals surface area contributed by atoms with Gasteiger partial charge in [0.05, 0.1) is 27.2 Å². The SMILES string of the molecule is CC(=O)OCC[N+](C)(C)CCCCCCCCCCCOC(=O)CCCCCCCCCCC(=O)O.[Cl-]. The van der Waals surface area contributed by atoms with E-state index in [0.717, 1.165) is 75.4 Å². The quantitative estimate of drug-likeness (QED) is 0.101. The summed E-state index contributed by atoms with van der Waals surface area (Å²) in [4.78, 5) is 33.1. The van der Waals surface area contributed by atoms with Crippen LogP contribution in [0.15, 0.2) is 0 Å². The smallest absolute Gasteiger partial charge is 0.305 e. The van der Waals surface area contributed by atoms with Crippen molar-refractivity contribution in [1.82, 2.24) is 0 Å². The first kappa shape index (κ1) is 37.8. The van der Waals surface area contributed by atoms with Crippen molar-refractivity contribution in [2.45, 2.75) is 129 Å². The molecule has 220 valence electrons. The predicted octanol–water partition coefficient (Wildman–Crippen LogP) is 3.67. The average molecular weight is 550 g/mol. The molecule has 7 nitrogen and oxygen atoms in total. The predicted molar refractivity (Wildman–Crippen MR) is 145 cm³/mol. The molecule has 0 aliphatic carbocycles. The van der Waals surface area contributed by atoms with E-state index in [-0.39, 0.29) is 30.8 Å². The van der Waals surface area contributed by atoms with Crippen LogP contribution in [0.3, 0.4) is 0 Å². The minimum Gasteiger partial charge on any atom is -1.00 e. The summed E-state index contributed by atoms with van der Waals surface area (Å²) in [5, 5.41) is 8.60. The molecule has 1 N–H and O–H groups in total. The third-order valence-corrected chi connectivity index (χ3v) is 6.69. The van der Waals surface area contributed by atoms with Crippen LogP contribution in [0.2, 0.25) is 0 Å². The fourth-order valence-corrected chi connectivity index (χ4v) is 4.29. The summed E-state index contributed by atoms with van der Waals surface area (Å²) < 4.78 is 11.3. The van der Waals surface area contributed by atoms with E-state index < -0.39 is 5.97 Å². The first-order valence-corrected chi connectivity index (χ1v) is 14.6. The fourth-order valence-electron chi connectivity index (χ4n) is 4.29. The Kier molecular flexibility index (Phi) is 26.8. The highest BCUT2D eigenvalue weighted by Gasteiger charge is 2.14. The van der Waals surface area contributed by atoms with Crippen LogP contribution in [0.1, 0.15) is 129 Å². The van der Waals surface area contributed by atoms with E-state index in [4.69, 9.17) is 14.6 Å². The third-order valence-electron chi connectivity index (χ3n) is 6.69. The zero-order valence-corrected chi connectivity index (χ0v) is 24.8. The molecule has 0 saturated carbocycles. The lowest BCUT2D eigenvalue weighted by molar-refractivity contribution is -0.890. The normalized spacial score (nSPS) is 11.1. The Hall–Kier alpha value is -1.34. The summed E-state index contributed by atoms with van der Waals surface area (Å²) in [5.41, 5.74) is 0. The van der Waals surface area contributed by atoms with Crippen LogP contribution in [0.4, 0.5) is 0 Å². The van der Waals surface area contributed by atoms with Crippen molar-refractivity contribution in [2.75, 3.05) is 40.4 Å². The molecule has 0 aliphatic heterocycles. The van der Waals surface area contributed by atoms with Gasteiger partial charge in [0.1, 0.15) is 13.2 Å². The van der Waals surface area contributed by atoms with Gasteiger partial charge in [-0.05, 0) is 32.1 Å². The molecule has 0 aliphatic rings. The van der Waals surface area contributed by atoms with E-state index in [1.807, 2.05) is 0 Å². The molecule has 0 bridgehead atoms. The lowest BCUT2D eigenvalue weighted by Gasteiger charge is -2.29. The Morgan fingerprint density at radius 2 is 1.00 bits per heavy atom. The highest BCUT2D eigenvalue weighted by molar-refractivity contribution is 5.69. The van der Waals surface area contributed by atoms with Gasteiger partial charge in [-0.25, -0.2) is 0 Å². The molecule has 0 saturated heterocycles. The maximum Gasteiger partial charge on any atom is 0.305 e. The van der Waals surface area contributed by atoms with Gasteiger partial charge in [0.2, 0.25) is 0 Å². The van der Waals surface area contributed by atoms with Gasteiger partial charge < -0.3 is 31.5 Å². The maximum atomic E-state index is 11.8. The van der Waals surface area contributed by atoms with Crippen molar-refractivity contribution in [2.24, 2.45) is 0 Å². The second-order valence-corrected chi connectivity index (χ2v) is 10.8. The number of nitrogens with zero attached hydrogens (tertiary/aromatic N) is 1. The number of rotatable bonds is 26. The van der Waals surface area contributed by atoms with Gasteiger partial charge in [-0.3, -0.25) is 14.4 Å². The first-order chi connectivity index (χ1) is 17.2. The summed E-state index contributed by atoms with van der Waals surface area (Å²) in [7, 11) is 4.39. The highest BCUT2D eigenvalue weighted by atomic mass is 35.5. The van der Waals surface area contributed by atoms with Crippen LogP contribution in [0.25, 0.3) is 0 Å². The number of hydrogen-bond donors (Lipinski definition) is 1. The zero-order chi connectivity index (χ0) is 26.9. The summed E-state index contributed by atoms with van der Waals surface area (Å²) in [6.07, 6.45) is 20.0. The molecule has 37 heavy (non-hydrogen) atoms. The molecule has 0 atom stereocenters. The van der Waals surface area contributed by atoms with Gasteiger partial charge in [0.15, 0.2) is 0 Å². The topological polar surface area (TPSA) is 89.9 Å². The summed E-state index contributed by atoms with van der Waals surface area (Å²) in [6, 6.07) is 0. The number of carboxylic acids is 1. The van der Waals surface area contributed by atoms with Crippen LogP contribution < -0.4 is 12.4 Å². The van der Waals surface area contributed by atoms with Crippen molar-refractivity contribution < 1.29 is 45.9 Å². The van der Waals surface area contributed by atoms with E-state index in [0.29, 0.717) is 19.6 Å². The molecule has 0 spiro atoms. The van der Waals surface area contributed by atoms with Crippen molar-refractivity contribution >= 4 is 17.9 Å². The second-order valence-electron chi connectivity index (χ2n) is 10.8. The molecule has 0 rings (SSSR count). The molecule has 0 unspecified atom stereocenters. The molecule has 0 aromatic heterocycles. The minimum absolute atomic E-state index is 0. The third kappa shape index (κ3) is 30.8. The van der Waals surface area contributed by atoms with Gasteiger partial charge in [0.25, 0.3) is 0 Å². The standard InChI is InChI=1S/C29H55NO6.ClH/c1-27(31)35-26-24-30(2,3)23-19-15-11-7-4-8-12-16-20-25-36-29(34)22-18-14-10-6-5-9-13-17-21-28(32)33;/h4-26H2,1-3H3;1H. The number of unbranched alkanes of at least 4 members (excludes halogenated alkanes) is 15. The summed E-state index contributed by atoms with van der Waals surface area (Å²) in [6.45, 7) is 4.51. The largest absolute Gasteiger partial charge is 1.00 e. The van der Waals surface area contributed by atoms with Crippen LogP contribution in [0, 0.1) is 0 Å². The van der Waals surface area contributed by atoms with Gasteiger partial charge in [-0.2, -0.15) is 0 Å². The molecule has 0 fully saturated rings. The average Bonchev–Trinajstić information content (AvgIpc) is 2.80. The van der Waals surface area contributed by atoms with E-state index >= 15 is 0 Å². The molecule has 0 aromatic carbocycles. The molecular weight excluding hydrogens is 494 g/mol. The first-order valence-electron chi connectivity index (χ1n) is 14.6. The van der Waals surface area contributed by atoms with Crippen LogP contribution >= 0.6 is 0 Å². The molecule has 0 radical (unpaired) electrons. The van der Waals surface area contributed by atoms with E-state index in [2.05, 4.69) is 14.1 Å². The maximum absolute atomic E-state index is 11.8. The lowest BCUT2D eigenvalue weighted by atomic mass is 10.1. The fraction of sp³-hybridized carbons (Fsp3) is 0.897. The number of likely N-dealkylation sites (N-methyl/N-ethyl adjacent to an activating group) is 1. The van der Waals surface area contributed by atoms with Gasteiger partial charge in [-0.15, -0.1) is 0 Å². The van der Waals surface area contributed by atoms with E-state index in [1.54, 1.807) is 0 Å². The summed E-state index contributed by atoms with van der Waals surface area (Å²) >= 11 is 0. The number of aliphatic carboxylic acids is 1. The number of esters is 2. The minimum atomic E-state index is -0.703. The van der Waals surface area contributed by atoms with Gasteiger partial charge in [0, 0.05) is 19.8 Å². The van der Waals surface area contributed by atoms with Crippen molar-refractivity contribution in [3.63, 3.8) is 0 Å². The van der Waals surface area contributed by atoms with Crippen molar-refractivity contribution in [1.29, 1.82) is 0 Å². The van der Waals surface area contributed by atoms with E-state index in [9.17, 15) is 14.4 Å². The Morgan fingerprint density at radius 3 is 1.49 bits per heavy atom. The number of ether oxygens (including phenoxy) is 2. The molecule has 0 amide bonds. The Morgan fingerprint density at radius 1 is 0.568 bits per heavy atom. The number of carbonyl (C=O) groups excluding carboxylic acids is 2. The second kappa shape index (κ2) is 26.3.